The van der Waals surface area contributed by atoms with Crippen LogP contribution in [0.5, 0.6) is 11.5 Å². The summed E-state index contributed by atoms with van der Waals surface area (Å²) in [4.78, 5) is 12.1. The van der Waals surface area contributed by atoms with Crippen LogP contribution >= 0.6 is 11.8 Å². The fourth-order valence-corrected chi connectivity index (χ4v) is 3.55. The maximum Gasteiger partial charge on any atom is 0.264 e. The van der Waals surface area contributed by atoms with E-state index in [4.69, 9.17) is 15.3 Å². The zero-order valence-corrected chi connectivity index (χ0v) is 18.5. The number of nitrogens with zero attached hydrogens (tertiary/aromatic N) is 4. The molecule has 1 aliphatic rings. The van der Waals surface area contributed by atoms with Gasteiger partial charge in [-0.15, -0.1) is 10.2 Å². The van der Waals surface area contributed by atoms with E-state index in [0.717, 1.165) is 11.1 Å². The Labute approximate surface area is 189 Å². The second-order valence-corrected chi connectivity index (χ2v) is 8.05. The minimum Gasteiger partial charge on any atom is -0.454 e. The Morgan fingerprint density at radius 2 is 1.97 bits per heavy atom. The number of nitrogens with two attached hydrogens (primary N) is 1. The zero-order chi connectivity index (χ0) is 22.5. The summed E-state index contributed by atoms with van der Waals surface area (Å²) in [5, 5.41) is 15.6. The monoisotopic (exact) mass is 453 g/mol. The SMILES string of the molecule is C/C(=N\Nc1nnc(SCC(=O)NCc2ccc(C)cc2)n1N)c1ccc2c(c1)OCO2. The van der Waals surface area contributed by atoms with Crippen LogP contribution in [-0.4, -0.2) is 39.0 Å². The van der Waals surface area contributed by atoms with Crippen LogP contribution in [0.4, 0.5) is 5.95 Å². The third kappa shape index (κ3) is 5.11. The van der Waals surface area contributed by atoms with Crippen LogP contribution in [0.25, 0.3) is 0 Å². The molecule has 2 aromatic carbocycles. The van der Waals surface area contributed by atoms with E-state index in [1.165, 1.54) is 22.0 Å². The van der Waals surface area contributed by atoms with Crippen LogP contribution in [0.15, 0.2) is 52.7 Å². The van der Waals surface area contributed by atoms with Crippen LogP contribution in [-0.2, 0) is 11.3 Å². The van der Waals surface area contributed by atoms with Crippen LogP contribution < -0.4 is 26.1 Å². The average Bonchev–Trinajstić information content (AvgIpc) is 3.41. The lowest BCUT2D eigenvalue weighted by Gasteiger charge is -2.06. The van der Waals surface area contributed by atoms with Gasteiger partial charge in [-0.2, -0.15) is 5.10 Å². The first-order chi connectivity index (χ1) is 15.5. The van der Waals surface area contributed by atoms with Gasteiger partial charge in [0.05, 0.1) is 11.5 Å². The molecule has 1 aliphatic heterocycles. The molecule has 11 heteroatoms. The lowest BCUT2D eigenvalue weighted by molar-refractivity contribution is -0.118. The first-order valence-corrected chi connectivity index (χ1v) is 10.8. The van der Waals surface area contributed by atoms with Gasteiger partial charge in [0.25, 0.3) is 5.95 Å². The van der Waals surface area contributed by atoms with E-state index in [-0.39, 0.29) is 24.4 Å². The van der Waals surface area contributed by atoms with E-state index in [2.05, 4.69) is 26.0 Å². The smallest absolute Gasteiger partial charge is 0.264 e. The lowest BCUT2D eigenvalue weighted by Crippen LogP contribution is -2.25. The van der Waals surface area contributed by atoms with Crippen molar-refractivity contribution < 1.29 is 14.3 Å². The Morgan fingerprint density at radius 3 is 2.78 bits per heavy atom. The minimum absolute atomic E-state index is 0.121. The fourth-order valence-electron chi connectivity index (χ4n) is 2.86. The molecule has 4 rings (SSSR count). The molecule has 4 N–H and O–H groups in total. The standard InChI is InChI=1S/C21H23N7O3S/c1-13-3-5-15(6-4-13)10-23-19(29)11-32-21-27-26-20(28(21)22)25-24-14(2)16-7-8-17-18(9-16)31-12-30-17/h3-9H,10-12,22H2,1-2H3,(H,23,29)(H,25,26)/b24-14+. The average molecular weight is 454 g/mol. The van der Waals surface area contributed by atoms with Gasteiger partial charge < -0.3 is 20.6 Å². The van der Waals surface area contributed by atoms with Gasteiger partial charge >= 0.3 is 0 Å². The summed E-state index contributed by atoms with van der Waals surface area (Å²) in [5.41, 5.74) is 6.59. The first kappa shape index (κ1) is 21.5. The number of nitrogens with one attached hydrogen (secondary N) is 2. The molecule has 32 heavy (non-hydrogen) atoms. The number of ether oxygens (including phenoxy) is 2. The van der Waals surface area contributed by atoms with Crippen LogP contribution in [0.2, 0.25) is 0 Å². The number of aromatic nitrogens is 3. The van der Waals surface area contributed by atoms with Gasteiger partial charge in [0, 0.05) is 12.1 Å². The normalized spacial score (nSPS) is 12.6. The Bertz CT molecular complexity index is 1140. The first-order valence-electron chi connectivity index (χ1n) is 9.85. The number of carbonyl (C=O) groups is 1. The number of thioether (sulfide) groups is 1. The Morgan fingerprint density at radius 1 is 1.19 bits per heavy atom. The van der Waals surface area contributed by atoms with E-state index in [0.29, 0.717) is 28.9 Å². The second kappa shape index (κ2) is 9.60. The highest BCUT2D eigenvalue weighted by atomic mass is 32.2. The maximum absolute atomic E-state index is 12.1. The van der Waals surface area contributed by atoms with Crippen molar-refractivity contribution in [2.45, 2.75) is 25.5 Å². The third-order valence-corrected chi connectivity index (χ3v) is 5.66. The largest absolute Gasteiger partial charge is 0.454 e. The molecule has 0 saturated carbocycles. The Hall–Kier alpha value is -3.73. The Kier molecular flexibility index (Phi) is 6.45. The highest BCUT2D eigenvalue weighted by molar-refractivity contribution is 7.99. The van der Waals surface area contributed by atoms with Crippen molar-refractivity contribution >= 4 is 29.3 Å². The van der Waals surface area contributed by atoms with E-state index < -0.39 is 0 Å². The number of hydrogen-bond donors (Lipinski definition) is 3. The number of rotatable bonds is 8. The van der Waals surface area contributed by atoms with Gasteiger partial charge in [0.15, 0.2) is 11.5 Å². The summed E-state index contributed by atoms with van der Waals surface area (Å²) in [6.45, 7) is 4.55. The van der Waals surface area contributed by atoms with E-state index in [9.17, 15) is 4.79 Å². The number of aryl methyl sites for hydroxylation is 1. The summed E-state index contributed by atoms with van der Waals surface area (Å²) >= 11 is 1.19. The molecule has 0 bridgehead atoms. The zero-order valence-electron chi connectivity index (χ0n) is 17.7. The molecule has 3 aromatic rings. The Balaban J connectivity index is 1.29. The number of hydrazone groups is 1. The van der Waals surface area contributed by atoms with Gasteiger partial charge in [-0.1, -0.05) is 41.6 Å². The maximum atomic E-state index is 12.1. The van der Waals surface area contributed by atoms with Crippen LogP contribution in [0.1, 0.15) is 23.6 Å². The summed E-state index contributed by atoms with van der Waals surface area (Å²) in [5.74, 6) is 7.73. The molecule has 0 radical (unpaired) electrons. The lowest BCUT2D eigenvalue weighted by atomic mass is 10.1. The molecular weight excluding hydrogens is 430 g/mol. The molecule has 0 atom stereocenters. The number of benzene rings is 2. The predicted molar refractivity (Wildman–Crippen MR) is 122 cm³/mol. The highest BCUT2D eigenvalue weighted by Crippen LogP contribution is 2.32. The topological polar surface area (TPSA) is 129 Å². The number of carbonyl (C=O) groups excluding carboxylic acids is 1. The van der Waals surface area contributed by atoms with Crippen molar-refractivity contribution in [3.05, 3.63) is 59.2 Å². The highest BCUT2D eigenvalue weighted by Gasteiger charge is 2.15. The number of nitrogen functional groups attached to an aromatic ring is 1. The van der Waals surface area contributed by atoms with Gasteiger partial charge in [-0.05, 0) is 37.6 Å². The van der Waals surface area contributed by atoms with Gasteiger partial charge in [-0.3, -0.25) is 4.79 Å². The minimum atomic E-state index is -0.121. The third-order valence-electron chi connectivity index (χ3n) is 4.72. The van der Waals surface area contributed by atoms with Crippen molar-refractivity contribution in [3.63, 3.8) is 0 Å². The quantitative estimate of drug-likeness (QED) is 0.205. The van der Waals surface area contributed by atoms with Gasteiger partial charge in [0.2, 0.25) is 17.9 Å². The van der Waals surface area contributed by atoms with E-state index >= 15 is 0 Å². The molecule has 2 heterocycles. The summed E-state index contributed by atoms with van der Waals surface area (Å²) in [7, 11) is 0. The molecule has 1 aromatic heterocycles. The van der Waals surface area contributed by atoms with Crippen LogP contribution in [0.3, 0.4) is 0 Å². The molecular formula is C21H23N7O3S. The van der Waals surface area contributed by atoms with Gasteiger partial charge in [0.1, 0.15) is 0 Å². The fraction of sp³-hybridized carbons (Fsp3) is 0.238. The number of hydrogen-bond acceptors (Lipinski definition) is 9. The van der Waals surface area contributed by atoms with Gasteiger partial charge in [-0.25, -0.2) is 10.1 Å². The molecule has 0 fully saturated rings. The van der Waals surface area contributed by atoms with Crippen molar-refractivity contribution in [3.8, 4) is 11.5 Å². The summed E-state index contributed by atoms with van der Waals surface area (Å²) in [6, 6.07) is 13.6. The van der Waals surface area contributed by atoms with Crippen molar-refractivity contribution in [1.29, 1.82) is 0 Å². The summed E-state index contributed by atoms with van der Waals surface area (Å²) < 4.78 is 12.0. The van der Waals surface area contributed by atoms with Crippen molar-refractivity contribution in [1.82, 2.24) is 20.2 Å². The molecule has 10 nitrogen and oxygen atoms in total. The van der Waals surface area contributed by atoms with E-state index in [1.807, 2.05) is 56.3 Å². The molecule has 0 spiro atoms. The molecule has 0 saturated heterocycles. The summed E-state index contributed by atoms with van der Waals surface area (Å²) in [6.07, 6.45) is 0. The number of fused-ring (bicyclic) bond motifs is 1. The molecule has 0 aliphatic carbocycles. The molecule has 166 valence electrons. The molecule has 1 amide bonds. The van der Waals surface area contributed by atoms with Crippen molar-refractivity contribution in [2.24, 2.45) is 5.10 Å². The number of anilines is 1. The number of amides is 1. The second-order valence-electron chi connectivity index (χ2n) is 7.10. The predicted octanol–water partition coefficient (Wildman–Crippen LogP) is 2.27. The molecule has 0 unspecified atom stereocenters. The van der Waals surface area contributed by atoms with Crippen LogP contribution in [0, 0.1) is 6.92 Å². The van der Waals surface area contributed by atoms with Crippen molar-refractivity contribution in [2.75, 3.05) is 23.8 Å². The van der Waals surface area contributed by atoms with E-state index in [1.54, 1.807) is 0 Å².